The number of hydrogen-bond acceptors (Lipinski definition) is 7. The first kappa shape index (κ1) is 18.3. The minimum Gasteiger partial charge on any atom is -0.493 e. The van der Waals surface area contributed by atoms with Crippen molar-refractivity contribution in [3.63, 3.8) is 0 Å². The number of methoxy groups -OCH3 is 1. The SMILES string of the molecule is COc1cccc(C=C2C(=O)OC(C)(C)OC2=O)c1OCCCC#N. The largest absolute Gasteiger partial charge is 0.493 e. The maximum atomic E-state index is 12.1. The highest BCUT2D eigenvalue weighted by molar-refractivity contribution is 6.19. The molecule has 0 amide bonds. The van der Waals surface area contributed by atoms with E-state index < -0.39 is 17.7 Å². The first-order chi connectivity index (χ1) is 11.9. The van der Waals surface area contributed by atoms with Crippen LogP contribution in [0.3, 0.4) is 0 Å². The second kappa shape index (κ2) is 7.71. The van der Waals surface area contributed by atoms with E-state index in [4.69, 9.17) is 24.2 Å². The number of nitriles is 1. The van der Waals surface area contributed by atoms with Gasteiger partial charge in [0.2, 0.25) is 0 Å². The predicted octanol–water partition coefficient (Wildman–Crippen LogP) is 2.60. The van der Waals surface area contributed by atoms with Crippen molar-refractivity contribution in [2.24, 2.45) is 0 Å². The van der Waals surface area contributed by atoms with Crippen LogP contribution in [0.4, 0.5) is 0 Å². The topological polar surface area (TPSA) is 94.8 Å². The molecule has 0 atom stereocenters. The van der Waals surface area contributed by atoms with Crippen LogP contribution in [0.15, 0.2) is 23.8 Å². The van der Waals surface area contributed by atoms with Gasteiger partial charge in [-0.25, -0.2) is 9.59 Å². The Morgan fingerprint density at radius 3 is 2.52 bits per heavy atom. The van der Waals surface area contributed by atoms with Gasteiger partial charge in [-0.1, -0.05) is 12.1 Å². The molecule has 0 bridgehead atoms. The zero-order chi connectivity index (χ0) is 18.4. The van der Waals surface area contributed by atoms with Crippen LogP contribution < -0.4 is 9.47 Å². The number of esters is 2. The van der Waals surface area contributed by atoms with Crippen LogP contribution >= 0.6 is 0 Å². The van der Waals surface area contributed by atoms with Crippen molar-refractivity contribution in [3.8, 4) is 17.6 Å². The van der Waals surface area contributed by atoms with Crippen LogP contribution in [-0.2, 0) is 19.1 Å². The monoisotopic (exact) mass is 345 g/mol. The minimum absolute atomic E-state index is 0.227. The first-order valence-electron chi connectivity index (χ1n) is 7.73. The lowest BCUT2D eigenvalue weighted by atomic mass is 10.1. The Hall–Kier alpha value is -3.01. The summed E-state index contributed by atoms with van der Waals surface area (Å²) in [7, 11) is 1.49. The van der Waals surface area contributed by atoms with E-state index >= 15 is 0 Å². The molecule has 132 valence electrons. The second-order valence-corrected chi connectivity index (χ2v) is 5.73. The van der Waals surface area contributed by atoms with Gasteiger partial charge in [0.15, 0.2) is 11.5 Å². The molecule has 25 heavy (non-hydrogen) atoms. The lowest BCUT2D eigenvalue weighted by Gasteiger charge is -2.29. The molecule has 1 aromatic rings. The van der Waals surface area contributed by atoms with Crippen LogP contribution in [0.1, 0.15) is 32.3 Å². The molecular weight excluding hydrogens is 326 g/mol. The molecule has 1 aliphatic rings. The quantitative estimate of drug-likeness (QED) is 0.338. The van der Waals surface area contributed by atoms with Crippen molar-refractivity contribution in [1.29, 1.82) is 5.26 Å². The summed E-state index contributed by atoms with van der Waals surface area (Å²) in [5.74, 6) is -2.00. The minimum atomic E-state index is -1.30. The third-order valence-corrected chi connectivity index (χ3v) is 3.33. The van der Waals surface area contributed by atoms with E-state index in [0.717, 1.165) is 0 Å². The van der Waals surface area contributed by atoms with Crippen LogP contribution in [0.2, 0.25) is 0 Å². The van der Waals surface area contributed by atoms with E-state index in [2.05, 4.69) is 0 Å². The third kappa shape index (κ3) is 4.51. The van der Waals surface area contributed by atoms with Crippen molar-refractivity contribution in [1.82, 2.24) is 0 Å². The molecule has 0 N–H and O–H groups in total. The average Bonchev–Trinajstić information content (AvgIpc) is 2.54. The maximum Gasteiger partial charge on any atom is 0.348 e. The highest BCUT2D eigenvalue weighted by atomic mass is 16.7. The van der Waals surface area contributed by atoms with Gasteiger partial charge >= 0.3 is 11.9 Å². The summed E-state index contributed by atoms with van der Waals surface area (Å²) in [4.78, 5) is 24.2. The lowest BCUT2D eigenvalue weighted by molar-refractivity contribution is -0.222. The standard InChI is InChI=1S/C18H19NO6/c1-18(2)24-16(20)13(17(21)25-18)11-12-7-6-8-14(22-3)15(12)23-10-5-4-9-19/h6-8,11H,4-5,10H2,1-3H3. The van der Waals surface area contributed by atoms with Crippen molar-refractivity contribution < 1.29 is 28.5 Å². The van der Waals surface area contributed by atoms with E-state index in [1.807, 2.05) is 6.07 Å². The van der Waals surface area contributed by atoms with Crippen LogP contribution in [0, 0.1) is 11.3 Å². The van der Waals surface area contributed by atoms with Gasteiger partial charge < -0.3 is 18.9 Å². The Balaban J connectivity index is 2.33. The van der Waals surface area contributed by atoms with Crippen molar-refractivity contribution in [2.75, 3.05) is 13.7 Å². The smallest absolute Gasteiger partial charge is 0.348 e. The zero-order valence-corrected chi connectivity index (χ0v) is 14.3. The molecule has 1 heterocycles. The fourth-order valence-electron chi connectivity index (χ4n) is 2.22. The number of rotatable bonds is 6. The maximum absolute atomic E-state index is 12.1. The van der Waals surface area contributed by atoms with E-state index in [0.29, 0.717) is 36.5 Å². The van der Waals surface area contributed by atoms with Gasteiger partial charge in [-0.15, -0.1) is 0 Å². The highest BCUT2D eigenvalue weighted by Gasteiger charge is 2.39. The number of para-hydroxylation sites is 1. The molecule has 1 aliphatic heterocycles. The summed E-state index contributed by atoms with van der Waals surface area (Å²) in [6.45, 7) is 3.26. The van der Waals surface area contributed by atoms with Crippen LogP contribution in [0.5, 0.6) is 11.5 Å². The van der Waals surface area contributed by atoms with Crippen LogP contribution in [0.25, 0.3) is 6.08 Å². The lowest BCUT2D eigenvalue weighted by Crippen LogP contribution is -2.41. The number of carbonyl (C=O) groups is 2. The molecular formula is C18H19NO6. The first-order valence-corrected chi connectivity index (χ1v) is 7.73. The van der Waals surface area contributed by atoms with E-state index in [-0.39, 0.29) is 5.57 Å². The van der Waals surface area contributed by atoms with E-state index in [1.54, 1.807) is 18.2 Å². The molecule has 0 aliphatic carbocycles. The number of ether oxygens (including phenoxy) is 4. The molecule has 1 saturated heterocycles. The zero-order valence-electron chi connectivity index (χ0n) is 14.3. The normalized spacial score (nSPS) is 15.7. The number of cyclic esters (lactones) is 2. The fraction of sp³-hybridized carbons (Fsp3) is 0.389. The van der Waals surface area contributed by atoms with E-state index in [1.165, 1.54) is 27.0 Å². The Kier molecular flexibility index (Phi) is 5.65. The summed E-state index contributed by atoms with van der Waals surface area (Å²) < 4.78 is 21.1. The summed E-state index contributed by atoms with van der Waals surface area (Å²) >= 11 is 0. The van der Waals surface area contributed by atoms with Gasteiger partial charge in [0, 0.05) is 25.8 Å². The van der Waals surface area contributed by atoms with Gasteiger partial charge in [0.1, 0.15) is 5.57 Å². The number of hydrogen-bond donors (Lipinski definition) is 0. The summed E-state index contributed by atoms with van der Waals surface area (Å²) in [5, 5.41) is 8.59. The fourth-order valence-corrected chi connectivity index (χ4v) is 2.22. The molecule has 0 spiro atoms. The van der Waals surface area contributed by atoms with Crippen molar-refractivity contribution in [2.45, 2.75) is 32.5 Å². The number of nitrogens with zero attached hydrogens (tertiary/aromatic N) is 1. The molecule has 0 unspecified atom stereocenters. The Bertz CT molecular complexity index is 722. The highest BCUT2D eigenvalue weighted by Crippen LogP contribution is 2.34. The summed E-state index contributed by atoms with van der Waals surface area (Å²) in [6.07, 6.45) is 2.25. The Labute approximate surface area is 145 Å². The Morgan fingerprint density at radius 1 is 1.24 bits per heavy atom. The van der Waals surface area contributed by atoms with Gasteiger partial charge in [0.05, 0.1) is 19.8 Å². The molecule has 1 fully saturated rings. The molecule has 1 aromatic carbocycles. The molecule has 0 radical (unpaired) electrons. The van der Waals surface area contributed by atoms with Crippen LogP contribution in [-0.4, -0.2) is 31.4 Å². The van der Waals surface area contributed by atoms with Gasteiger partial charge in [-0.3, -0.25) is 0 Å². The van der Waals surface area contributed by atoms with Gasteiger partial charge in [0.25, 0.3) is 5.79 Å². The van der Waals surface area contributed by atoms with Crippen molar-refractivity contribution >= 4 is 18.0 Å². The molecule has 7 heteroatoms. The third-order valence-electron chi connectivity index (χ3n) is 3.33. The molecule has 0 aromatic heterocycles. The summed E-state index contributed by atoms with van der Waals surface area (Å²) in [6, 6.07) is 7.11. The predicted molar refractivity (Wildman–Crippen MR) is 87.6 cm³/mol. The second-order valence-electron chi connectivity index (χ2n) is 5.73. The number of carbonyl (C=O) groups excluding carboxylic acids is 2. The van der Waals surface area contributed by atoms with Gasteiger partial charge in [-0.05, 0) is 18.6 Å². The molecule has 7 nitrogen and oxygen atoms in total. The Morgan fingerprint density at radius 2 is 1.92 bits per heavy atom. The molecule has 2 rings (SSSR count). The van der Waals surface area contributed by atoms with Gasteiger partial charge in [-0.2, -0.15) is 5.26 Å². The van der Waals surface area contributed by atoms with Crippen molar-refractivity contribution in [3.05, 3.63) is 29.3 Å². The number of unbranched alkanes of at least 4 members (excludes halogenated alkanes) is 1. The summed E-state index contributed by atoms with van der Waals surface area (Å²) in [5.41, 5.74) is 0.245. The average molecular weight is 345 g/mol. The number of benzene rings is 1. The molecule has 0 saturated carbocycles. The van der Waals surface area contributed by atoms with E-state index in [9.17, 15) is 9.59 Å².